The fraction of sp³-hybridized carbons (Fsp3) is 0.458. The van der Waals surface area contributed by atoms with Crippen molar-refractivity contribution in [3.63, 3.8) is 0 Å². The lowest BCUT2D eigenvalue weighted by molar-refractivity contribution is -0.140. The van der Waals surface area contributed by atoms with Crippen molar-refractivity contribution in [1.29, 1.82) is 0 Å². The fourth-order valence-electron chi connectivity index (χ4n) is 4.33. The monoisotopic (exact) mass is 582 g/mol. The number of hydrogen-bond donors (Lipinski definition) is 0. The highest BCUT2D eigenvalue weighted by Gasteiger charge is 2.39. The molecular weight excluding hydrogens is 559 g/mol. The Balaban J connectivity index is 1.82. The van der Waals surface area contributed by atoms with Crippen molar-refractivity contribution in [3.05, 3.63) is 69.0 Å². The van der Waals surface area contributed by atoms with Crippen LogP contribution in [0.15, 0.2) is 36.4 Å². The van der Waals surface area contributed by atoms with E-state index in [0.717, 1.165) is 35.9 Å². The van der Waals surface area contributed by atoms with E-state index >= 15 is 0 Å². The molecule has 186 valence electrons. The van der Waals surface area contributed by atoms with Gasteiger partial charge in [0.25, 0.3) is 0 Å². The quantitative estimate of drug-likeness (QED) is 0.187. The van der Waals surface area contributed by atoms with E-state index in [0.29, 0.717) is 35.1 Å². The molecule has 2 atom stereocenters. The Kier molecular flexibility index (Phi) is 9.29. The van der Waals surface area contributed by atoms with E-state index in [1.165, 1.54) is 6.07 Å². The van der Waals surface area contributed by atoms with Crippen molar-refractivity contribution in [2.24, 2.45) is 0 Å². The number of benzene rings is 2. The number of carbonyl (C=O) groups is 1. The molecule has 2 aromatic carbocycles. The minimum Gasteiger partial charge on any atom is -0.340 e. The first kappa shape index (κ1) is 27.2. The second-order valence-electron chi connectivity index (χ2n) is 8.52. The predicted molar refractivity (Wildman–Crippen MR) is 130 cm³/mol. The van der Waals surface area contributed by atoms with E-state index in [1.54, 1.807) is 12.1 Å². The van der Waals surface area contributed by atoms with Crippen LogP contribution in [-0.4, -0.2) is 47.2 Å². The molecule has 3 nitrogen and oxygen atoms in total. The molecule has 0 radical (unpaired) electrons. The Morgan fingerprint density at radius 2 is 1.85 bits per heavy atom. The van der Waals surface area contributed by atoms with Crippen LogP contribution in [0.3, 0.4) is 0 Å². The predicted octanol–water partition coefficient (Wildman–Crippen LogP) is 7.14. The van der Waals surface area contributed by atoms with Crippen molar-refractivity contribution in [1.82, 2.24) is 9.80 Å². The summed E-state index contributed by atoms with van der Waals surface area (Å²) in [6.07, 6.45) is -2.61. The molecule has 1 saturated heterocycles. The van der Waals surface area contributed by atoms with Gasteiger partial charge in [0, 0.05) is 43.3 Å². The van der Waals surface area contributed by atoms with Crippen LogP contribution in [-0.2, 0) is 17.5 Å². The molecule has 1 aliphatic heterocycles. The number of alkyl halides is 4. The van der Waals surface area contributed by atoms with Crippen LogP contribution in [0.5, 0.6) is 0 Å². The van der Waals surface area contributed by atoms with E-state index in [1.807, 2.05) is 22.9 Å². The van der Waals surface area contributed by atoms with E-state index in [-0.39, 0.29) is 24.4 Å². The lowest BCUT2D eigenvalue weighted by atomic mass is 9.93. The highest BCUT2D eigenvalue weighted by atomic mass is 79.9. The highest BCUT2D eigenvalue weighted by Crippen LogP contribution is 2.36. The number of likely N-dealkylation sites (tertiary alicyclic amines) is 1. The zero-order chi connectivity index (χ0) is 25.0. The SMILES string of the molecule is CN(Cc1ccc(C(F)(F)F)c(F)c1)C1CN(C(=O)CCCCBr)C[C@@H]1c1ccc(Cl)c(Cl)c1. The van der Waals surface area contributed by atoms with Crippen molar-refractivity contribution < 1.29 is 22.4 Å². The molecule has 10 heteroatoms. The summed E-state index contributed by atoms with van der Waals surface area (Å²) in [4.78, 5) is 16.6. The molecule has 1 aliphatic rings. The van der Waals surface area contributed by atoms with Gasteiger partial charge in [0.05, 0.1) is 15.6 Å². The van der Waals surface area contributed by atoms with Gasteiger partial charge in [-0.25, -0.2) is 4.39 Å². The first-order valence-corrected chi connectivity index (χ1v) is 12.7. The lowest BCUT2D eigenvalue weighted by Crippen LogP contribution is -2.38. The van der Waals surface area contributed by atoms with Crippen molar-refractivity contribution >= 4 is 45.0 Å². The van der Waals surface area contributed by atoms with Crippen molar-refractivity contribution in [2.45, 2.75) is 43.9 Å². The summed E-state index contributed by atoms with van der Waals surface area (Å²) >= 11 is 15.7. The van der Waals surface area contributed by atoms with Gasteiger partial charge in [0.2, 0.25) is 5.91 Å². The van der Waals surface area contributed by atoms with Gasteiger partial charge in [-0.05, 0) is 55.3 Å². The number of amides is 1. The molecule has 0 N–H and O–H groups in total. The van der Waals surface area contributed by atoms with Crippen LogP contribution in [0, 0.1) is 5.82 Å². The van der Waals surface area contributed by atoms with Gasteiger partial charge in [-0.15, -0.1) is 0 Å². The van der Waals surface area contributed by atoms with Gasteiger partial charge in [-0.3, -0.25) is 9.69 Å². The first-order valence-electron chi connectivity index (χ1n) is 10.9. The number of likely N-dealkylation sites (N-methyl/N-ethyl adjacent to an activating group) is 1. The van der Waals surface area contributed by atoms with Gasteiger partial charge in [0.1, 0.15) is 5.82 Å². The van der Waals surface area contributed by atoms with Crippen LogP contribution < -0.4 is 0 Å². The maximum absolute atomic E-state index is 14.1. The van der Waals surface area contributed by atoms with Crippen molar-refractivity contribution in [3.8, 4) is 0 Å². The summed E-state index contributed by atoms with van der Waals surface area (Å²) in [6.45, 7) is 1.17. The standard InChI is InChI=1S/C24H25BrCl2F4N2O/c1-32(12-15-5-7-18(21(28)10-15)24(29,30)31)22-14-33(23(34)4-2-3-9-25)13-17(22)16-6-8-19(26)20(27)11-16/h5-8,10-11,17,22H,2-4,9,12-14H2,1H3/t17-,22?/m1/s1. The summed E-state index contributed by atoms with van der Waals surface area (Å²) in [7, 11) is 1.82. The topological polar surface area (TPSA) is 23.6 Å². The van der Waals surface area contributed by atoms with Gasteiger partial charge in [-0.2, -0.15) is 13.2 Å². The number of unbranched alkanes of at least 4 members (excludes halogenated alkanes) is 1. The molecule has 0 bridgehead atoms. The highest BCUT2D eigenvalue weighted by molar-refractivity contribution is 9.09. The van der Waals surface area contributed by atoms with Crippen molar-refractivity contribution in [2.75, 3.05) is 25.5 Å². The number of nitrogens with zero attached hydrogens (tertiary/aromatic N) is 2. The maximum Gasteiger partial charge on any atom is 0.419 e. The largest absolute Gasteiger partial charge is 0.419 e. The zero-order valence-electron chi connectivity index (χ0n) is 18.5. The van der Waals surface area contributed by atoms with Crippen LogP contribution in [0.2, 0.25) is 10.0 Å². The third kappa shape index (κ3) is 6.65. The number of hydrogen-bond acceptors (Lipinski definition) is 2. The van der Waals surface area contributed by atoms with Crippen LogP contribution in [0.25, 0.3) is 0 Å². The molecule has 34 heavy (non-hydrogen) atoms. The maximum atomic E-state index is 14.1. The molecule has 3 rings (SSSR count). The smallest absolute Gasteiger partial charge is 0.340 e. The second-order valence-corrected chi connectivity index (χ2v) is 10.1. The molecule has 2 aromatic rings. The van der Waals surface area contributed by atoms with Gasteiger partial charge in [0.15, 0.2) is 0 Å². The second kappa shape index (κ2) is 11.6. The minimum atomic E-state index is -4.74. The molecule has 1 unspecified atom stereocenters. The molecule has 1 amide bonds. The Morgan fingerprint density at radius 3 is 2.47 bits per heavy atom. The summed E-state index contributed by atoms with van der Waals surface area (Å²) in [5, 5.41) is 1.67. The normalized spacial score (nSPS) is 18.7. The number of carbonyl (C=O) groups excluding carboxylic acids is 1. The van der Waals surface area contributed by atoms with E-state index in [4.69, 9.17) is 23.2 Å². The Bertz CT molecular complexity index is 1020. The molecule has 0 spiro atoms. The molecule has 0 aromatic heterocycles. The van der Waals surface area contributed by atoms with Crippen LogP contribution in [0.4, 0.5) is 17.6 Å². The Morgan fingerprint density at radius 1 is 1.12 bits per heavy atom. The average Bonchev–Trinajstić information content (AvgIpc) is 3.21. The molecule has 1 heterocycles. The van der Waals surface area contributed by atoms with Crippen LogP contribution in [0.1, 0.15) is 41.9 Å². The minimum absolute atomic E-state index is 0.0579. The zero-order valence-corrected chi connectivity index (χ0v) is 21.6. The van der Waals surface area contributed by atoms with Gasteiger partial charge in [-0.1, -0.05) is 51.3 Å². The van der Waals surface area contributed by atoms with E-state index in [2.05, 4.69) is 15.9 Å². The molecule has 0 aliphatic carbocycles. The summed E-state index contributed by atoms with van der Waals surface area (Å²) in [5.41, 5.74) is 0.0531. The Hall–Kier alpha value is -1.35. The first-order chi connectivity index (χ1) is 16.0. The average molecular weight is 584 g/mol. The number of halogens is 7. The van der Waals surface area contributed by atoms with Gasteiger partial charge >= 0.3 is 6.18 Å². The van der Waals surface area contributed by atoms with E-state index < -0.39 is 17.6 Å². The van der Waals surface area contributed by atoms with Crippen LogP contribution >= 0.6 is 39.1 Å². The third-order valence-electron chi connectivity index (χ3n) is 6.12. The fourth-order valence-corrected chi connectivity index (χ4v) is 5.03. The Labute approximate surface area is 215 Å². The van der Waals surface area contributed by atoms with Gasteiger partial charge < -0.3 is 4.90 Å². The third-order valence-corrected chi connectivity index (χ3v) is 7.42. The lowest BCUT2D eigenvalue weighted by Gasteiger charge is -2.29. The molecule has 1 fully saturated rings. The summed E-state index contributed by atoms with van der Waals surface area (Å²) < 4.78 is 52.8. The summed E-state index contributed by atoms with van der Waals surface area (Å²) in [6, 6.07) is 8.20. The number of rotatable bonds is 8. The van der Waals surface area contributed by atoms with E-state index in [9.17, 15) is 22.4 Å². The molecule has 0 saturated carbocycles. The summed E-state index contributed by atoms with van der Waals surface area (Å²) in [5.74, 6) is -1.32. The molecular formula is C24H25BrCl2F4N2O.